The molecule has 0 aromatic heterocycles. The van der Waals surface area contributed by atoms with Gasteiger partial charge in [-0.3, -0.25) is 0 Å². The monoisotopic (exact) mass is 271 g/mol. The Balaban J connectivity index is 0.000000109. The van der Waals surface area contributed by atoms with Gasteiger partial charge in [-0.25, -0.2) is 0 Å². The van der Waals surface area contributed by atoms with Crippen molar-refractivity contribution in [3.8, 4) is 0 Å². The van der Waals surface area contributed by atoms with Gasteiger partial charge in [-0.2, -0.15) is 0 Å². The van der Waals surface area contributed by atoms with Crippen LogP contribution in [0.15, 0.2) is 0 Å². The quantitative estimate of drug-likeness (QED) is 0.670. The number of nitrogens with zero attached hydrogens (tertiary/aromatic N) is 1. The van der Waals surface area contributed by atoms with Crippen molar-refractivity contribution in [2.45, 2.75) is 20.3 Å². The zero-order chi connectivity index (χ0) is 13.7. The van der Waals surface area contributed by atoms with Crippen molar-refractivity contribution >= 4 is 0 Å². The Hall–Kier alpha value is -0.160. The first kappa shape index (κ1) is 15.2. The van der Waals surface area contributed by atoms with Gasteiger partial charge in [-0.15, -0.1) is 0 Å². The molecule has 4 aliphatic rings. The van der Waals surface area contributed by atoms with Crippen LogP contribution in [0.4, 0.5) is 0 Å². The highest BCUT2D eigenvalue weighted by molar-refractivity contribution is 4.97. The van der Waals surface area contributed by atoms with Crippen LogP contribution in [0.3, 0.4) is 0 Å². The first-order chi connectivity index (χ1) is 9.10. The van der Waals surface area contributed by atoms with Gasteiger partial charge < -0.3 is 19.1 Å². The Bertz CT molecular complexity index is 250. The lowest BCUT2D eigenvalue weighted by Gasteiger charge is -2.53. The van der Waals surface area contributed by atoms with Crippen LogP contribution in [0.2, 0.25) is 0 Å². The van der Waals surface area contributed by atoms with E-state index in [0.29, 0.717) is 5.41 Å². The van der Waals surface area contributed by atoms with Crippen LogP contribution in [0.25, 0.3) is 0 Å². The van der Waals surface area contributed by atoms with Gasteiger partial charge in [0.2, 0.25) is 0 Å². The molecule has 1 atom stereocenters. The molecular formula is C15H29NO3. The molecule has 4 heteroatoms. The molecule has 0 amide bonds. The molecule has 0 radical (unpaired) electrons. The SMILES string of the molecule is CC1COC1.CN1CC2(COC2)C1.C[C@H]1CCOC1. The molecular weight excluding hydrogens is 242 g/mol. The zero-order valence-electron chi connectivity index (χ0n) is 12.7. The molecule has 0 aromatic carbocycles. The van der Waals surface area contributed by atoms with E-state index in [9.17, 15) is 0 Å². The van der Waals surface area contributed by atoms with Gasteiger partial charge in [0.25, 0.3) is 0 Å². The lowest BCUT2D eigenvalue weighted by Crippen LogP contribution is -2.64. The molecule has 4 nitrogen and oxygen atoms in total. The third-order valence-electron chi connectivity index (χ3n) is 3.99. The van der Waals surface area contributed by atoms with Crippen molar-refractivity contribution in [3.63, 3.8) is 0 Å². The van der Waals surface area contributed by atoms with Crippen molar-refractivity contribution in [1.82, 2.24) is 4.90 Å². The van der Waals surface area contributed by atoms with Crippen molar-refractivity contribution in [3.05, 3.63) is 0 Å². The Kier molecular flexibility index (Phi) is 5.63. The molecule has 0 aromatic rings. The summed E-state index contributed by atoms with van der Waals surface area (Å²) in [5.41, 5.74) is 0.620. The van der Waals surface area contributed by atoms with Gasteiger partial charge in [0.1, 0.15) is 0 Å². The third kappa shape index (κ3) is 4.71. The van der Waals surface area contributed by atoms with Crippen LogP contribution in [0.1, 0.15) is 20.3 Å². The molecule has 4 aliphatic heterocycles. The molecule has 1 spiro atoms. The van der Waals surface area contributed by atoms with Crippen LogP contribution in [0.5, 0.6) is 0 Å². The van der Waals surface area contributed by atoms with Crippen LogP contribution >= 0.6 is 0 Å². The van der Waals surface area contributed by atoms with Crippen LogP contribution in [-0.2, 0) is 14.2 Å². The minimum absolute atomic E-state index is 0.620. The van der Waals surface area contributed by atoms with Crippen molar-refractivity contribution in [1.29, 1.82) is 0 Å². The average Bonchev–Trinajstić information content (AvgIpc) is 2.72. The fourth-order valence-electron chi connectivity index (χ4n) is 2.68. The number of hydrogen-bond acceptors (Lipinski definition) is 4. The van der Waals surface area contributed by atoms with E-state index in [0.717, 1.165) is 51.5 Å². The Morgan fingerprint density at radius 3 is 1.63 bits per heavy atom. The molecule has 4 heterocycles. The van der Waals surface area contributed by atoms with Crippen molar-refractivity contribution < 1.29 is 14.2 Å². The first-order valence-electron chi connectivity index (χ1n) is 7.51. The highest BCUT2D eigenvalue weighted by atomic mass is 16.5. The van der Waals surface area contributed by atoms with Crippen LogP contribution in [-0.4, -0.2) is 64.7 Å². The van der Waals surface area contributed by atoms with Gasteiger partial charge in [0.15, 0.2) is 0 Å². The Morgan fingerprint density at radius 2 is 1.53 bits per heavy atom. The molecule has 4 saturated heterocycles. The van der Waals surface area contributed by atoms with Gasteiger partial charge in [0.05, 0.1) is 26.4 Å². The fourth-order valence-corrected chi connectivity index (χ4v) is 2.68. The summed E-state index contributed by atoms with van der Waals surface area (Å²) in [5, 5.41) is 0. The molecule has 0 unspecified atom stereocenters. The number of likely N-dealkylation sites (tertiary alicyclic amines) is 1. The zero-order valence-corrected chi connectivity index (χ0v) is 12.7. The van der Waals surface area contributed by atoms with Crippen molar-refractivity contribution in [2.75, 3.05) is 59.8 Å². The highest BCUT2D eigenvalue weighted by Gasteiger charge is 2.47. The van der Waals surface area contributed by atoms with E-state index >= 15 is 0 Å². The summed E-state index contributed by atoms with van der Waals surface area (Å²) in [4.78, 5) is 2.34. The second kappa shape index (κ2) is 7.02. The number of hydrogen-bond donors (Lipinski definition) is 0. The molecule has 0 bridgehead atoms. The summed E-state index contributed by atoms with van der Waals surface area (Å²) in [6.45, 7) is 12.9. The van der Waals surface area contributed by atoms with E-state index in [-0.39, 0.29) is 0 Å². The predicted molar refractivity (Wildman–Crippen MR) is 75.3 cm³/mol. The van der Waals surface area contributed by atoms with Gasteiger partial charge in [0, 0.05) is 37.6 Å². The van der Waals surface area contributed by atoms with E-state index in [1.54, 1.807) is 0 Å². The summed E-state index contributed by atoms with van der Waals surface area (Å²) in [6.07, 6.45) is 1.26. The van der Waals surface area contributed by atoms with E-state index in [2.05, 4.69) is 25.8 Å². The molecule has 19 heavy (non-hydrogen) atoms. The molecule has 0 N–H and O–H groups in total. The average molecular weight is 271 g/mol. The molecule has 0 saturated carbocycles. The molecule has 4 rings (SSSR count). The van der Waals surface area contributed by atoms with E-state index in [1.165, 1.54) is 19.5 Å². The highest BCUT2D eigenvalue weighted by Crippen LogP contribution is 2.35. The molecule has 112 valence electrons. The van der Waals surface area contributed by atoms with Crippen LogP contribution < -0.4 is 0 Å². The minimum Gasteiger partial charge on any atom is -0.381 e. The lowest BCUT2D eigenvalue weighted by molar-refractivity contribution is -0.182. The standard InChI is InChI=1S/C6H11NO.C5H10O.C4H8O/c1-7-2-6(3-7)4-8-5-6;1-5-2-3-6-4-5;1-4-2-5-3-4/h2-5H2,1H3;5H,2-4H2,1H3;4H,2-3H2,1H3/t;5-;/m.0./s1. The summed E-state index contributed by atoms with van der Waals surface area (Å²) in [7, 11) is 2.16. The largest absolute Gasteiger partial charge is 0.381 e. The smallest absolute Gasteiger partial charge is 0.0569 e. The Labute approximate surface area is 117 Å². The van der Waals surface area contributed by atoms with E-state index in [1.807, 2.05) is 0 Å². The summed E-state index contributed by atoms with van der Waals surface area (Å²) < 4.78 is 15.0. The van der Waals surface area contributed by atoms with E-state index in [4.69, 9.17) is 14.2 Å². The second-order valence-electron chi connectivity index (χ2n) is 6.78. The fraction of sp³-hybridized carbons (Fsp3) is 1.00. The summed E-state index contributed by atoms with van der Waals surface area (Å²) in [5.74, 6) is 1.67. The van der Waals surface area contributed by atoms with Gasteiger partial charge in [-0.1, -0.05) is 13.8 Å². The topological polar surface area (TPSA) is 30.9 Å². The third-order valence-corrected chi connectivity index (χ3v) is 3.99. The number of rotatable bonds is 0. The molecule has 0 aliphatic carbocycles. The Morgan fingerprint density at radius 1 is 0.895 bits per heavy atom. The second-order valence-corrected chi connectivity index (χ2v) is 6.78. The normalized spacial score (nSPS) is 32.1. The summed E-state index contributed by atoms with van der Waals surface area (Å²) >= 11 is 0. The maximum atomic E-state index is 5.10. The van der Waals surface area contributed by atoms with Gasteiger partial charge >= 0.3 is 0 Å². The summed E-state index contributed by atoms with van der Waals surface area (Å²) in [6, 6.07) is 0. The molecule has 4 fully saturated rings. The van der Waals surface area contributed by atoms with E-state index < -0.39 is 0 Å². The van der Waals surface area contributed by atoms with Crippen LogP contribution in [0, 0.1) is 17.3 Å². The van der Waals surface area contributed by atoms with Gasteiger partial charge in [-0.05, 0) is 19.4 Å². The van der Waals surface area contributed by atoms with Crippen molar-refractivity contribution in [2.24, 2.45) is 17.3 Å². The number of ether oxygens (including phenoxy) is 3. The maximum Gasteiger partial charge on any atom is 0.0569 e. The predicted octanol–water partition coefficient (Wildman–Crippen LogP) is 1.64. The first-order valence-corrected chi connectivity index (χ1v) is 7.51. The lowest BCUT2D eigenvalue weighted by atomic mass is 9.79. The minimum atomic E-state index is 0.620. The maximum absolute atomic E-state index is 5.10.